The van der Waals surface area contributed by atoms with Crippen LogP contribution in [0.15, 0.2) is 18.2 Å². The lowest BCUT2D eigenvalue weighted by atomic mass is 9.91. The van der Waals surface area contributed by atoms with Gasteiger partial charge in [0, 0.05) is 35.9 Å². The second-order valence-electron chi connectivity index (χ2n) is 6.48. The summed E-state index contributed by atoms with van der Waals surface area (Å²) in [6.45, 7) is 2.74. The largest absolute Gasteiger partial charge is 0.384 e. The zero-order valence-corrected chi connectivity index (χ0v) is 12.7. The van der Waals surface area contributed by atoms with Gasteiger partial charge in [-0.1, -0.05) is 6.07 Å². The smallest absolute Gasteiger partial charge is 0.274 e. The molecular weight excluding hydrogens is 266 g/mol. The molecule has 2 heterocycles. The van der Waals surface area contributed by atoms with E-state index in [9.17, 15) is 10.1 Å². The maximum atomic E-state index is 11.0. The molecule has 1 aromatic carbocycles. The quantitative estimate of drug-likeness (QED) is 0.683. The van der Waals surface area contributed by atoms with Crippen LogP contribution in [0.2, 0.25) is 0 Å². The summed E-state index contributed by atoms with van der Waals surface area (Å²) < 4.78 is 0. The monoisotopic (exact) mass is 289 g/mol. The van der Waals surface area contributed by atoms with Crippen LogP contribution in [-0.4, -0.2) is 35.5 Å². The van der Waals surface area contributed by atoms with Gasteiger partial charge in [-0.25, -0.2) is 0 Å². The number of fused-ring (bicyclic) bond motifs is 2. The van der Waals surface area contributed by atoms with E-state index < -0.39 is 0 Å². The Hall–Kier alpha value is -1.62. The molecule has 2 aliphatic rings. The fourth-order valence-electron chi connectivity index (χ4n) is 3.96. The van der Waals surface area contributed by atoms with Crippen LogP contribution in [0, 0.1) is 23.0 Å². The fourth-order valence-corrected chi connectivity index (χ4v) is 3.96. The van der Waals surface area contributed by atoms with E-state index in [0.29, 0.717) is 5.92 Å². The number of nitro groups is 1. The molecule has 2 atom stereocenters. The summed E-state index contributed by atoms with van der Waals surface area (Å²) in [6, 6.07) is 6.73. The molecule has 3 rings (SSSR count). The van der Waals surface area contributed by atoms with Gasteiger partial charge in [-0.2, -0.15) is 0 Å². The van der Waals surface area contributed by atoms with E-state index in [0.717, 1.165) is 29.9 Å². The van der Waals surface area contributed by atoms with E-state index in [1.807, 2.05) is 13.0 Å². The zero-order chi connectivity index (χ0) is 15.0. The Morgan fingerprint density at radius 3 is 2.62 bits per heavy atom. The molecule has 0 amide bonds. The summed E-state index contributed by atoms with van der Waals surface area (Å²) in [5.74, 6) is 0.678. The summed E-state index contributed by atoms with van der Waals surface area (Å²) in [5, 5.41) is 14.4. The van der Waals surface area contributed by atoms with Gasteiger partial charge in [-0.3, -0.25) is 10.1 Å². The molecule has 1 aromatic rings. The van der Waals surface area contributed by atoms with Crippen molar-refractivity contribution in [3.8, 4) is 0 Å². The first-order valence-electron chi connectivity index (χ1n) is 7.76. The molecule has 0 aromatic heterocycles. The predicted octanol–water partition coefficient (Wildman–Crippen LogP) is 3.19. The lowest BCUT2D eigenvalue weighted by molar-refractivity contribution is -0.385. The van der Waals surface area contributed by atoms with Crippen LogP contribution in [0.5, 0.6) is 0 Å². The SMILES string of the molecule is Cc1c(NCC2CC3CCC(C2)N3C)cccc1[N+](=O)[O-]. The molecule has 0 spiro atoms. The van der Waals surface area contributed by atoms with Crippen molar-refractivity contribution in [2.24, 2.45) is 5.92 Å². The number of hydrogen-bond donors (Lipinski definition) is 1. The van der Waals surface area contributed by atoms with E-state index in [1.165, 1.54) is 25.7 Å². The molecule has 114 valence electrons. The number of anilines is 1. The van der Waals surface area contributed by atoms with E-state index in [-0.39, 0.29) is 10.6 Å². The van der Waals surface area contributed by atoms with Crippen molar-refractivity contribution < 1.29 is 4.92 Å². The van der Waals surface area contributed by atoms with Gasteiger partial charge in [0.15, 0.2) is 0 Å². The first-order valence-corrected chi connectivity index (χ1v) is 7.76. The first kappa shape index (κ1) is 14.3. The van der Waals surface area contributed by atoms with Gasteiger partial charge in [-0.05, 0) is 51.6 Å². The topological polar surface area (TPSA) is 58.4 Å². The van der Waals surface area contributed by atoms with Gasteiger partial charge in [-0.15, -0.1) is 0 Å². The van der Waals surface area contributed by atoms with E-state index in [4.69, 9.17) is 0 Å². The number of piperidine rings is 1. The molecule has 0 aliphatic carbocycles. The van der Waals surface area contributed by atoms with E-state index >= 15 is 0 Å². The number of nitrogens with one attached hydrogen (secondary N) is 1. The van der Waals surface area contributed by atoms with Crippen molar-refractivity contribution in [3.05, 3.63) is 33.9 Å². The molecule has 21 heavy (non-hydrogen) atoms. The summed E-state index contributed by atoms with van der Waals surface area (Å²) >= 11 is 0. The Kier molecular flexibility index (Phi) is 3.85. The van der Waals surface area contributed by atoms with Gasteiger partial charge in [0.25, 0.3) is 5.69 Å². The first-order chi connectivity index (χ1) is 10.1. The number of rotatable bonds is 4. The maximum absolute atomic E-state index is 11.0. The van der Waals surface area contributed by atoms with Gasteiger partial charge in [0.1, 0.15) is 0 Å². The van der Waals surface area contributed by atoms with Crippen molar-refractivity contribution in [3.63, 3.8) is 0 Å². The van der Waals surface area contributed by atoms with Crippen LogP contribution >= 0.6 is 0 Å². The number of benzene rings is 1. The van der Waals surface area contributed by atoms with Crippen LogP contribution in [0.4, 0.5) is 11.4 Å². The van der Waals surface area contributed by atoms with Crippen LogP contribution in [-0.2, 0) is 0 Å². The third kappa shape index (κ3) is 2.75. The van der Waals surface area contributed by atoms with Crippen molar-refractivity contribution in [2.75, 3.05) is 18.9 Å². The minimum absolute atomic E-state index is 0.198. The lowest BCUT2D eigenvalue weighted by Crippen LogP contribution is -2.41. The molecule has 5 nitrogen and oxygen atoms in total. The summed E-state index contributed by atoms with van der Waals surface area (Å²) in [5.41, 5.74) is 1.83. The minimum atomic E-state index is -0.309. The summed E-state index contributed by atoms with van der Waals surface area (Å²) in [7, 11) is 2.25. The van der Waals surface area contributed by atoms with Crippen molar-refractivity contribution in [1.82, 2.24) is 4.90 Å². The standard InChI is InChI=1S/C16H23N3O2/c1-11-15(4-3-5-16(11)19(20)21)17-10-12-8-13-6-7-14(9-12)18(13)2/h3-5,12-14,17H,6-10H2,1-2H3. The van der Waals surface area contributed by atoms with E-state index in [2.05, 4.69) is 17.3 Å². The highest BCUT2D eigenvalue weighted by Gasteiger charge is 2.38. The molecule has 0 saturated carbocycles. The molecule has 2 fully saturated rings. The Labute approximate surface area is 125 Å². The molecule has 2 unspecified atom stereocenters. The molecule has 5 heteroatoms. The molecule has 2 aliphatic heterocycles. The van der Waals surface area contributed by atoms with Crippen molar-refractivity contribution in [1.29, 1.82) is 0 Å². The van der Waals surface area contributed by atoms with Crippen LogP contribution in [0.1, 0.15) is 31.2 Å². The maximum Gasteiger partial charge on any atom is 0.274 e. The fraction of sp³-hybridized carbons (Fsp3) is 0.625. The zero-order valence-electron chi connectivity index (χ0n) is 12.7. The van der Waals surface area contributed by atoms with Gasteiger partial charge in [0.05, 0.1) is 4.92 Å². The lowest BCUT2D eigenvalue weighted by Gasteiger charge is -2.36. The highest BCUT2D eigenvalue weighted by molar-refractivity contribution is 5.59. The minimum Gasteiger partial charge on any atom is -0.384 e. The summed E-state index contributed by atoms with van der Waals surface area (Å²) in [6.07, 6.45) is 5.14. The highest BCUT2D eigenvalue weighted by atomic mass is 16.6. The normalized spacial score (nSPS) is 28.6. The van der Waals surface area contributed by atoms with Crippen LogP contribution in [0.25, 0.3) is 0 Å². The van der Waals surface area contributed by atoms with Gasteiger partial charge in [0.2, 0.25) is 0 Å². The predicted molar refractivity (Wildman–Crippen MR) is 83.6 cm³/mol. The highest BCUT2D eigenvalue weighted by Crippen LogP contribution is 2.37. The Balaban J connectivity index is 1.64. The molecule has 1 N–H and O–H groups in total. The van der Waals surface area contributed by atoms with Gasteiger partial charge < -0.3 is 10.2 Å². The average molecular weight is 289 g/mol. The number of hydrogen-bond acceptors (Lipinski definition) is 4. The molecular formula is C16H23N3O2. The number of nitrogens with zero attached hydrogens (tertiary/aromatic N) is 2. The molecule has 2 bridgehead atoms. The Bertz CT molecular complexity index is 532. The Morgan fingerprint density at radius 1 is 1.33 bits per heavy atom. The number of nitro benzene ring substituents is 1. The molecule has 2 saturated heterocycles. The van der Waals surface area contributed by atoms with E-state index in [1.54, 1.807) is 12.1 Å². The Morgan fingerprint density at radius 2 is 2.00 bits per heavy atom. The second-order valence-corrected chi connectivity index (χ2v) is 6.48. The third-order valence-electron chi connectivity index (χ3n) is 5.28. The van der Waals surface area contributed by atoms with Crippen molar-refractivity contribution in [2.45, 2.75) is 44.7 Å². The summed E-state index contributed by atoms with van der Waals surface area (Å²) in [4.78, 5) is 13.2. The molecule has 0 radical (unpaired) electrons. The third-order valence-corrected chi connectivity index (χ3v) is 5.28. The average Bonchev–Trinajstić information content (AvgIpc) is 2.68. The second kappa shape index (κ2) is 5.64. The van der Waals surface area contributed by atoms with Gasteiger partial charge >= 0.3 is 0 Å². The van der Waals surface area contributed by atoms with Crippen LogP contribution in [0.3, 0.4) is 0 Å². The van der Waals surface area contributed by atoms with Crippen LogP contribution < -0.4 is 5.32 Å². The van der Waals surface area contributed by atoms with Crippen molar-refractivity contribution >= 4 is 11.4 Å².